The first-order chi connectivity index (χ1) is 26.3. The number of hydrogen-bond donors (Lipinski definition) is 1. The number of allylic oxidation sites excluding steroid dienone is 3. The normalized spacial score (nSPS) is 15.6. The molecule has 0 amide bonds. The maximum absolute atomic E-state index is 7.22. The predicted octanol–water partition coefficient (Wildman–Crippen LogP) is 12.1. The number of nitrogens with one attached hydrogen (secondary N) is 1. The number of rotatable bonds is 6. The molecule has 8 aromatic rings. The SMILES string of the molecule is C1=CCCC(C2N=C(c3ccccc3)N=C(c3ccc(-c4cccc5ccccc45)c4oc5c(-c6ccccc6)cc(-c6ccccc6)cc5c34)N2)=C1. The second kappa shape index (κ2) is 13.1. The third-order valence-corrected chi connectivity index (χ3v) is 10.4. The van der Waals surface area contributed by atoms with Crippen LogP contribution in [0.2, 0.25) is 0 Å². The highest BCUT2D eigenvalue weighted by molar-refractivity contribution is 6.25. The molecule has 1 unspecified atom stereocenters. The molecule has 7 aromatic carbocycles. The molecule has 2 heterocycles. The van der Waals surface area contributed by atoms with Crippen LogP contribution in [0.1, 0.15) is 24.0 Å². The zero-order valence-corrected chi connectivity index (χ0v) is 29.0. The van der Waals surface area contributed by atoms with Crippen molar-refractivity contribution in [1.29, 1.82) is 0 Å². The van der Waals surface area contributed by atoms with Crippen LogP contribution in [0.4, 0.5) is 0 Å². The van der Waals surface area contributed by atoms with E-state index in [4.69, 9.17) is 14.4 Å². The Morgan fingerprint density at radius 1 is 0.547 bits per heavy atom. The second-order valence-electron chi connectivity index (χ2n) is 13.7. The Morgan fingerprint density at radius 3 is 2.02 bits per heavy atom. The van der Waals surface area contributed by atoms with Gasteiger partial charge in [0.05, 0.1) is 0 Å². The van der Waals surface area contributed by atoms with Crippen molar-refractivity contribution < 1.29 is 4.42 Å². The Bertz CT molecular complexity index is 2790. The quantitative estimate of drug-likeness (QED) is 0.190. The summed E-state index contributed by atoms with van der Waals surface area (Å²) in [6.45, 7) is 0. The summed E-state index contributed by atoms with van der Waals surface area (Å²) in [7, 11) is 0. The number of benzene rings is 7. The van der Waals surface area contributed by atoms with E-state index in [1.54, 1.807) is 0 Å². The summed E-state index contributed by atoms with van der Waals surface area (Å²) in [6, 6.07) is 55.5. The van der Waals surface area contributed by atoms with Crippen LogP contribution >= 0.6 is 0 Å². The van der Waals surface area contributed by atoms with Gasteiger partial charge >= 0.3 is 0 Å². The molecular formula is C49H35N3O. The van der Waals surface area contributed by atoms with Crippen LogP contribution in [0.15, 0.2) is 196 Å². The number of furan rings is 1. The van der Waals surface area contributed by atoms with Gasteiger partial charge in [0.1, 0.15) is 23.2 Å². The molecule has 0 bridgehead atoms. The lowest BCUT2D eigenvalue weighted by Gasteiger charge is -2.26. The number of nitrogens with zero attached hydrogens (tertiary/aromatic N) is 2. The van der Waals surface area contributed by atoms with E-state index in [2.05, 4.69) is 163 Å². The Labute approximate surface area is 308 Å². The molecule has 1 aliphatic heterocycles. The van der Waals surface area contributed by atoms with E-state index < -0.39 is 0 Å². The van der Waals surface area contributed by atoms with Gasteiger partial charge in [0, 0.05) is 33.0 Å². The Balaban J connectivity index is 1.29. The van der Waals surface area contributed by atoms with Gasteiger partial charge in [0.2, 0.25) is 0 Å². The van der Waals surface area contributed by atoms with Gasteiger partial charge in [-0.3, -0.25) is 0 Å². The van der Waals surface area contributed by atoms with Gasteiger partial charge < -0.3 is 9.73 Å². The van der Waals surface area contributed by atoms with E-state index in [0.29, 0.717) is 5.84 Å². The Kier molecular flexibility index (Phi) is 7.65. The topological polar surface area (TPSA) is 49.9 Å². The van der Waals surface area contributed by atoms with Crippen molar-refractivity contribution in [1.82, 2.24) is 5.32 Å². The van der Waals surface area contributed by atoms with Crippen LogP contribution in [0, 0.1) is 0 Å². The highest BCUT2D eigenvalue weighted by Gasteiger charge is 2.27. The van der Waals surface area contributed by atoms with Gasteiger partial charge in [-0.2, -0.15) is 0 Å². The first-order valence-corrected chi connectivity index (χ1v) is 18.3. The number of aliphatic imine (C=N–C) groups is 2. The fourth-order valence-electron chi connectivity index (χ4n) is 7.82. The molecule has 1 N–H and O–H groups in total. The van der Waals surface area contributed by atoms with E-state index in [-0.39, 0.29) is 6.17 Å². The fraction of sp³-hybridized carbons (Fsp3) is 0.0612. The summed E-state index contributed by atoms with van der Waals surface area (Å²) in [4.78, 5) is 10.5. The van der Waals surface area contributed by atoms with Gasteiger partial charge in [0.15, 0.2) is 5.84 Å². The molecule has 2 aliphatic rings. The first kappa shape index (κ1) is 31.0. The lowest BCUT2D eigenvalue weighted by Crippen LogP contribution is -2.40. The molecule has 1 atom stereocenters. The highest BCUT2D eigenvalue weighted by Crippen LogP contribution is 2.45. The van der Waals surface area contributed by atoms with E-state index >= 15 is 0 Å². The molecule has 0 saturated carbocycles. The van der Waals surface area contributed by atoms with Gasteiger partial charge in [0.25, 0.3) is 0 Å². The van der Waals surface area contributed by atoms with Crippen molar-refractivity contribution in [2.75, 3.05) is 0 Å². The second-order valence-corrected chi connectivity index (χ2v) is 13.7. The smallest absolute Gasteiger partial charge is 0.159 e. The summed E-state index contributed by atoms with van der Waals surface area (Å²) >= 11 is 0. The Hall–Kier alpha value is -6.78. The van der Waals surface area contributed by atoms with Gasteiger partial charge in [-0.15, -0.1) is 0 Å². The number of amidine groups is 2. The third kappa shape index (κ3) is 5.56. The van der Waals surface area contributed by atoms with Crippen LogP contribution in [-0.2, 0) is 0 Å². The van der Waals surface area contributed by atoms with Crippen molar-refractivity contribution in [3.63, 3.8) is 0 Å². The van der Waals surface area contributed by atoms with Crippen LogP contribution in [0.25, 0.3) is 66.1 Å². The summed E-state index contributed by atoms with van der Waals surface area (Å²) in [5.74, 6) is 1.50. The minimum atomic E-state index is -0.242. The van der Waals surface area contributed by atoms with E-state index in [0.717, 1.165) is 85.1 Å². The minimum absolute atomic E-state index is 0.242. The molecule has 53 heavy (non-hydrogen) atoms. The maximum atomic E-state index is 7.22. The van der Waals surface area contributed by atoms with E-state index in [1.807, 2.05) is 18.2 Å². The van der Waals surface area contributed by atoms with E-state index in [9.17, 15) is 0 Å². The molecule has 252 valence electrons. The fourth-order valence-corrected chi connectivity index (χ4v) is 7.82. The van der Waals surface area contributed by atoms with Gasteiger partial charge in [-0.05, 0) is 75.7 Å². The molecule has 0 radical (unpaired) electrons. The monoisotopic (exact) mass is 681 g/mol. The molecule has 1 aliphatic carbocycles. The lowest BCUT2D eigenvalue weighted by molar-refractivity contribution is 0.670. The standard InChI is InChI=1S/C49H35N3O/c1-5-16-32(17-6-1)37-30-42(34-18-7-2-8-19-34)45-43(31-37)44-41(29-28-40(46(44)53-45)39-27-15-25-33-20-13-14-26-38(33)39)49-51-47(35-21-9-3-10-22-35)50-48(52-49)36-23-11-4-12-24-36/h1-11,13-23,25-31,48H,12,24H2,(H,50,51,52). The van der Waals surface area contributed by atoms with Crippen LogP contribution < -0.4 is 5.32 Å². The highest BCUT2D eigenvalue weighted by atomic mass is 16.3. The van der Waals surface area contributed by atoms with Gasteiger partial charge in [-0.25, -0.2) is 9.98 Å². The zero-order valence-electron chi connectivity index (χ0n) is 29.0. The molecule has 10 rings (SSSR count). The van der Waals surface area contributed by atoms with Crippen LogP contribution in [0.3, 0.4) is 0 Å². The third-order valence-electron chi connectivity index (χ3n) is 10.4. The molecular weight excluding hydrogens is 647 g/mol. The average molecular weight is 682 g/mol. The van der Waals surface area contributed by atoms with Crippen molar-refractivity contribution in [2.24, 2.45) is 9.98 Å². The van der Waals surface area contributed by atoms with E-state index in [1.165, 1.54) is 16.3 Å². The largest absolute Gasteiger partial charge is 0.455 e. The van der Waals surface area contributed by atoms with Crippen LogP contribution in [-0.4, -0.2) is 17.8 Å². The first-order valence-electron chi connectivity index (χ1n) is 18.3. The average Bonchev–Trinajstić information content (AvgIpc) is 3.64. The number of hydrogen-bond acceptors (Lipinski definition) is 4. The Morgan fingerprint density at radius 2 is 1.25 bits per heavy atom. The summed E-state index contributed by atoms with van der Waals surface area (Å²) in [6.07, 6.45) is 8.24. The minimum Gasteiger partial charge on any atom is -0.455 e. The molecule has 1 aromatic heterocycles. The van der Waals surface area contributed by atoms with Gasteiger partial charge in [-0.1, -0.05) is 152 Å². The summed E-state index contributed by atoms with van der Waals surface area (Å²) < 4.78 is 7.22. The van der Waals surface area contributed by atoms with Crippen molar-refractivity contribution in [3.8, 4) is 33.4 Å². The molecule has 4 heteroatoms. The van der Waals surface area contributed by atoms with Crippen molar-refractivity contribution >= 4 is 44.4 Å². The molecule has 4 nitrogen and oxygen atoms in total. The van der Waals surface area contributed by atoms with Crippen molar-refractivity contribution in [2.45, 2.75) is 19.0 Å². The molecule has 0 saturated heterocycles. The zero-order chi connectivity index (χ0) is 35.1. The molecule has 0 fully saturated rings. The predicted molar refractivity (Wildman–Crippen MR) is 220 cm³/mol. The summed E-state index contributed by atoms with van der Waals surface area (Å²) in [5, 5.41) is 8.23. The lowest BCUT2D eigenvalue weighted by atomic mass is 9.92. The van der Waals surface area contributed by atoms with Crippen molar-refractivity contribution in [3.05, 3.63) is 193 Å². The number of fused-ring (bicyclic) bond motifs is 4. The molecule has 0 spiro atoms. The maximum Gasteiger partial charge on any atom is 0.159 e. The summed E-state index contributed by atoms with van der Waals surface area (Å²) in [5.41, 5.74) is 11.5. The van der Waals surface area contributed by atoms with Crippen LogP contribution in [0.5, 0.6) is 0 Å².